The first-order valence-corrected chi connectivity index (χ1v) is 10.8. The van der Waals surface area contributed by atoms with Crippen LogP contribution in [0, 0.1) is 13.8 Å². The highest BCUT2D eigenvalue weighted by Crippen LogP contribution is 2.24. The van der Waals surface area contributed by atoms with Crippen LogP contribution in [-0.2, 0) is 16.6 Å². The Kier molecular flexibility index (Phi) is 6.70. The molecule has 8 nitrogen and oxygen atoms in total. The van der Waals surface area contributed by atoms with Gasteiger partial charge in [0.15, 0.2) is 5.82 Å². The Hall–Kier alpha value is -3.39. The van der Waals surface area contributed by atoms with E-state index in [-0.39, 0.29) is 12.0 Å². The SMILES string of the molecule is Cc1ccccc1OCCC(=O)N1CCOC(c2cccc(Nc3cc(C)n(C)n3)n2)C1. The minimum atomic E-state index is -0.266. The number of pyridine rings is 1. The number of hydrogen-bond acceptors (Lipinski definition) is 6. The molecule has 1 N–H and O–H groups in total. The Morgan fingerprint density at radius 3 is 2.81 bits per heavy atom. The molecule has 0 bridgehead atoms. The number of para-hydroxylation sites is 1. The predicted octanol–water partition coefficient (Wildman–Crippen LogP) is 3.54. The van der Waals surface area contributed by atoms with Crippen LogP contribution in [0.25, 0.3) is 0 Å². The second-order valence-electron chi connectivity index (χ2n) is 7.93. The first-order chi connectivity index (χ1) is 15.5. The van der Waals surface area contributed by atoms with Gasteiger partial charge in [-0.15, -0.1) is 0 Å². The Balaban J connectivity index is 1.34. The van der Waals surface area contributed by atoms with Crippen molar-refractivity contribution in [2.24, 2.45) is 7.05 Å². The van der Waals surface area contributed by atoms with E-state index in [2.05, 4.69) is 15.4 Å². The van der Waals surface area contributed by atoms with Crippen LogP contribution in [-0.4, -0.2) is 51.9 Å². The predicted molar refractivity (Wildman–Crippen MR) is 122 cm³/mol. The number of nitrogens with zero attached hydrogens (tertiary/aromatic N) is 4. The van der Waals surface area contributed by atoms with E-state index in [0.717, 1.165) is 28.5 Å². The second kappa shape index (κ2) is 9.82. The van der Waals surface area contributed by atoms with Gasteiger partial charge in [0.2, 0.25) is 5.91 Å². The summed E-state index contributed by atoms with van der Waals surface area (Å²) in [6.07, 6.45) is 0.0620. The van der Waals surface area contributed by atoms with Crippen LogP contribution in [0.3, 0.4) is 0 Å². The number of hydrogen-bond donors (Lipinski definition) is 1. The molecule has 1 atom stereocenters. The van der Waals surface area contributed by atoms with Gasteiger partial charge >= 0.3 is 0 Å². The summed E-state index contributed by atoms with van der Waals surface area (Å²) in [4.78, 5) is 19.3. The lowest BCUT2D eigenvalue weighted by atomic mass is 10.1. The van der Waals surface area contributed by atoms with E-state index in [0.29, 0.717) is 38.5 Å². The van der Waals surface area contributed by atoms with Crippen molar-refractivity contribution in [3.8, 4) is 5.75 Å². The number of ether oxygens (including phenoxy) is 2. The van der Waals surface area contributed by atoms with E-state index in [1.165, 1.54) is 0 Å². The molecule has 1 amide bonds. The van der Waals surface area contributed by atoms with Gasteiger partial charge in [0.1, 0.15) is 17.7 Å². The number of amides is 1. The van der Waals surface area contributed by atoms with Crippen molar-refractivity contribution in [2.75, 3.05) is 31.6 Å². The zero-order valence-corrected chi connectivity index (χ0v) is 18.7. The Morgan fingerprint density at radius 1 is 1.19 bits per heavy atom. The average molecular weight is 436 g/mol. The molecule has 32 heavy (non-hydrogen) atoms. The van der Waals surface area contributed by atoms with Crippen LogP contribution in [0.2, 0.25) is 0 Å². The fraction of sp³-hybridized carbons (Fsp3) is 0.375. The van der Waals surface area contributed by atoms with Gasteiger partial charge in [-0.25, -0.2) is 4.98 Å². The van der Waals surface area contributed by atoms with Crippen LogP contribution in [0.1, 0.15) is 29.5 Å². The number of rotatable bonds is 7. The fourth-order valence-electron chi connectivity index (χ4n) is 3.63. The van der Waals surface area contributed by atoms with Crippen molar-refractivity contribution in [1.29, 1.82) is 0 Å². The molecule has 3 heterocycles. The molecule has 1 aliphatic rings. The molecule has 168 valence electrons. The molecule has 1 aromatic carbocycles. The van der Waals surface area contributed by atoms with Gasteiger partial charge in [-0.1, -0.05) is 24.3 Å². The lowest BCUT2D eigenvalue weighted by Gasteiger charge is -2.33. The number of aromatic nitrogens is 3. The summed E-state index contributed by atoms with van der Waals surface area (Å²) in [6.45, 7) is 5.87. The van der Waals surface area contributed by atoms with Gasteiger partial charge in [0.25, 0.3) is 0 Å². The minimum Gasteiger partial charge on any atom is -0.493 e. The van der Waals surface area contributed by atoms with Crippen molar-refractivity contribution in [1.82, 2.24) is 19.7 Å². The molecule has 0 aliphatic carbocycles. The maximum atomic E-state index is 12.7. The van der Waals surface area contributed by atoms with Gasteiger partial charge in [-0.05, 0) is 37.6 Å². The molecule has 1 aliphatic heterocycles. The zero-order valence-electron chi connectivity index (χ0n) is 18.7. The van der Waals surface area contributed by atoms with Gasteiger partial charge in [0, 0.05) is 25.4 Å². The molecule has 1 saturated heterocycles. The summed E-state index contributed by atoms with van der Waals surface area (Å²) >= 11 is 0. The third kappa shape index (κ3) is 5.26. The van der Waals surface area contributed by atoms with Crippen LogP contribution >= 0.6 is 0 Å². The number of nitrogens with one attached hydrogen (secondary N) is 1. The quantitative estimate of drug-likeness (QED) is 0.611. The lowest BCUT2D eigenvalue weighted by Crippen LogP contribution is -2.42. The summed E-state index contributed by atoms with van der Waals surface area (Å²) < 4.78 is 13.5. The van der Waals surface area contributed by atoms with E-state index < -0.39 is 0 Å². The fourth-order valence-corrected chi connectivity index (χ4v) is 3.63. The van der Waals surface area contributed by atoms with Gasteiger partial charge < -0.3 is 19.7 Å². The van der Waals surface area contributed by atoms with Crippen LogP contribution in [0.4, 0.5) is 11.6 Å². The molecule has 8 heteroatoms. The number of carbonyl (C=O) groups is 1. The van der Waals surface area contributed by atoms with E-state index in [4.69, 9.17) is 9.47 Å². The maximum Gasteiger partial charge on any atom is 0.226 e. The van der Waals surface area contributed by atoms with E-state index in [1.807, 2.05) is 79.0 Å². The smallest absolute Gasteiger partial charge is 0.226 e. The zero-order chi connectivity index (χ0) is 22.5. The normalized spacial score (nSPS) is 16.1. The Labute approximate surface area is 188 Å². The van der Waals surface area contributed by atoms with Crippen molar-refractivity contribution in [2.45, 2.75) is 26.4 Å². The van der Waals surface area contributed by atoms with Crippen molar-refractivity contribution in [3.63, 3.8) is 0 Å². The third-order valence-corrected chi connectivity index (χ3v) is 5.56. The molecule has 4 rings (SSSR count). The summed E-state index contributed by atoms with van der Waals surface area (Å²) in [6, 6.07) is 15.5. The summed E-state index contributed by atoms with van der Waals surface area (Å²) in [7, 11) is 1.90. The van der Waals surface area contributed by atoms with Gasteiger partial charge in [-0.3, -0.25) is 9.48 Å². The second-order valence-corrected chi connectivity index (χ2v) is 7.93. The average Bonchev–Trinajstić information content (AvgIpc) is 3.11. The van der Waals surface area contributed by atoms with E-state index in [1.54, 1.807) is 0 Å². The molecule has 1 unspecified atom stereocenters. The van der Waals surface area contributed by atoms with Crippen LogP contribution < -0.4 is 10.1 Å². The number of benzene rings is 1. The van der Waals surface area contributed by atoms with Crippen LogP contribution in [0.15, 0.2) is 48.5 Å². The number of anilines is 2. The Bertz CT molecular complexity index is 1060. The van der Waals surface area contributed by atoms with E-state index in [9.17, 15) is 4.79 Å². The molecule has 3 aromatic rings. The molecular weight excluding hydrogens is 406 g/mol. The number of morpholine rings is 1. The molecule has 1 fully saturated rings. The highest BCUT2D eigenvalue weighted by molar-refractivity contribution is 5.76. The monoisotopic (exact) mass is 435 g/mol. The Morgan fingerprint density at radius 2 is 2.03 bits per heavy atom. The summed E-state index contributed by atoms with van der Waals surface area (Å²) in [5.41, 5.74) is 2.91. The molecule has 0 radical (unpaired) electrons. The molecule has 0 saturated carbocycles. The van der Waals surface area contributed by atoms with Crippen molar-refractivity contribution < 1.29 is 14.3 Å². The highest BCUT2D eigenvalue weighted by Gasteiger charge is 2.26. The van der Waals surface area contributed by atoms with Crippen molar-refractivity contribution in [3.05, 3.63) is 65.5 Å². The minimum absolute atomic E-state index is 0.0603. The first kappa shape index (κ1) is 21.8. The topological polar surface area (TPSA) is 81.5 Å². The van der Waals surface area contributed by atoms with Gasteiger partial charge in [0.05, 0.1) is 31.9 Å². The van der Waals surface area contributed by atoms with E-state index >= 15 is 0 Å². The first-order valence-electron chi connectivity index (χ1n) is 10.8. The highest BCUT2D eigenvalue weighted by atomic mass is 16.5. The van der Waals surface area contributed by atoms with Gasteiger partial charge in [-0.2, -0.15) is 5.10 Å². The number of carbonyl (C=O) groups excluding carboxylic acids is 1. The van der Waals surface area contributed by atoms with Crippen LogP contribution in [0.5, 0.6) is 5.75 Å². The lowest BCUT2D eigenvalue weighted by molar-refractivity contribution is -0.139. The summed E-state index contributed by atoms with van der Waals surface area (Å²) in [5.74, 6) is 2.31. The number of aryl methyl sites for hydroxylation is 3. The molecular formula is C24H29N5O3. The molecule has 2 aromatic heterocycles. The molecule has 0 spiro atoms. The largest absolute Gasteiger partial charge is 0.493 e. The third-order valence-electron chi connectivity index (χ3n) is 5.56. The van der Waals surface area contributed by atoms with Crippen molar-refractivity contribution >= 4 is 17.5 Å². The summed E-state index contributed by atoms with van der Waals surface area (Å²) in [5, 5.41) is 7.64. The maximum absolute atomic E-state index is 12.7. The standard InChI is InChI=1S/C24H29N5O3/c1-17-7-4-5-9-20(17)31-13-11-24(30)29-12-14-32-21(16-29)19-8-6-10-22(25-19)26-23-15-18(2)28(3)27-23/h4-10,15,21H,11-14,16H2,1-3H3,(H,25,26,27).